The zero-order valence-electron chi connectivity index (χ0n) is 11.1. The summed E-state index contributed by atoms with van der Waals surface area (Å²) in [5, 5.41) is 9.28. The molecule has 0 saturated heterocycles. The number of hydrogen-bond donors (Lipinski definition) is 1. The van der Waals surface area contributed by atoms with Gasteiger partial charge in [-0.05, 0) is 26.2 Å². The van der Waals surface area contributed by atoms with E-state index in [0.29, 0.717) is 13.0 Å². The summed E-state index contributed by atoms with van der Waals surface area (Å²) in [6.07, 6.45) is 3.91. The van der Waals surface area contributed by atoms with Gasteiger partial charge in [-0.25, -0.2) is 0 Å². The molecule has 0 saturated carbocycles. The van der Waals surface area contributed by atoms with E-state index in [4.69, 9.17) is 4.74 Å². The number of carbonyl (C=O) groups is 1. The Labute approximate surface area is 104 Å². The van der Waals surface area contributed by atoms with Gasteiger partial charge in [-0.1, -0.05) is 13.0 Å². The van der Waals surface area contributed by atoms with E-state index >= 15 is 0 Å². The first kappa shape index (κ1) is 16.1. The van der Waals surface area contributed by atoms with E-state index in [1.54, 1.807) is 6.08 Å². The van der Waals surface area contributed by atoms with Crippen molar-refractivity contribution < 1.29 is 19.4 Å². The van der Waals surface area contributed by atoms with E-state index in [-0.39, 0.29) is 18.5 Å². The average molecular weight is 244 g/mol. The molecule has 2 atom stereocenters. The van der Waals surface area contributed by atoms with E-state index in [0.717, 1.165) is 12.8 Å². The van der Waals surface area contributed by atoms with Crippen molar-refractivity contribution >= 4 is 5.97 Å². The van der Waals surface area contributed by atoms with Crippen LogP contribution in [0.3, 0.4) is 0 Å². The molecule has 0 aromatic heterocycles. The monoisotopic (exact) mass is 244 g/mol. The van der Waals surface area contributed by atoms with Crippen molar-refractivity contribution in [3.05, 3.63) is 12.7 Å². The molecular formula is C13H24O4. The van der Waals surface area contributed by atoms with Gasteiger partial charge in [-0.15, -0.1) is 6.58 Å². The number of esters is 1. The van der Waals surface area contributed by atoms with Crippen LogP contribution < -0.4 is 0 Å². The summed E-state index contributed by atoms with van der Waals surface area (Å²) < 4.78 is 10.2. The van der Waals surface area contributed by atoms with Crippen LogP contribution in [-0.4, -0.2) is 37.0 Å². The molecule has 4 nitrogen and oxygen atoms in total. The lowest BCUT2D eigenvalue weighted by Crippen LogP contribution is -2.33. The Bertz CT molecular complexity index is 240. The van der Waals surface area contributed by atoms with E-state index in [9.17, 15) is 9.90 Å². The van der Waals surface area contributed by atoms with Crippen LogP contribution in [0.4, 0.5) is 0 Å². The summed E-state index contributed by atoms with van der Waals surface area (Å²) in [6, 6.07) is 0. The molecular weight excluding hydrogens is 220 g/mol. The number of hydrogen-bond acceptors (Lipinski definition) is 4. The van der Waals surface area contributed by atoms with E-state index in [2.05, 4.69) is 11.3 Å². The maximum Gasteiger partial charge on any atom is 0.308 e. The second kappa shape index (κ2) is 8.25. The number of ether oxygens (including phenoxy) is 2. The molecule has 17 heavy (non-hydrogen) atoms. The van der Waals surface area contributed by atoms with Crippen LogP contribution in [-0.2, 0) is 14.3 Å². The maximum atomic E-state index is 11.2. The number of aliphatic hydroxyl groups excluding tert-OH is 1. The predicted molar refractivity (Wildman–Crippen MR) is 66.7 cm³/mol. The van der Waals surface area contributed by atoms with Crippen molar-refractivity contribution in [2.24, 2.45) is 5.92 Å². The van der Waals surface area contributed by atoms with Gasteiger partial charge in [0.15, 0.2) is 0 Å². The fourth-order valence-corrected chi connectivity index (χ4v) is 1.56. The van der Waals surface area contributed by atoms with Crippen LogP contribution in [0.5, 0.6) is 0 Å². The van der Waals surface area contributed by atoms with Crippen LogP contribution in [0.25, 0.3) is 0 Å². The summed E-state index contributed by atoms with van der Waals surface area (Å²) in [6.45, 7) is 7.66. The number of rotatable bonds is 9. The molecule has 0 spiro atoms. The Hall–Kier alpha value is -0.870. The lowest BCUT2D eigenvalue weighted by atomic mass is 9.96. The lowest BCUT2D eigenvalue weighted by molar-refractivity contribution is -0.145. The average Bonchev–Trinajstić information content (AvgIpc) is 2.35. The molecule has 0 aliphatic rings. The minimum absolute atomic E-state index is 0.0343. The van der Waals surface area contributed by atoms with Gasteiger partial charge < -0.3 is 14.6 Å². The largest absolute Gasteiger partial charge is 0.469 e. The molecule has 0 aliphatic carbocycles. The third kappa shape index (κ3) is 6.44. The van der Waals surface area contributed by atoms with Crippen molar-refractivity contribution in [1.29, 1.82) is 0 Å². The highest BCUT2D eigenvalue weighted by Gasteiger charge is 2.24. The summed E-state index contributed by atoms with van der Waals surface area (Å²) in [4.78, 5) is 11.2. The molecule has 0 unspecified atom stereocenters. The zero-order valence-corrected chi connectivity index (χ0v) is 11.1. The Kier molecular flexibility index (Phi) is 7.83. The SMILES string of the molecule is C=CCO[C@@](C)(CO)CCC[C@@H](C)C(=O)OC. The molecule has 0 radical (unpaired) electrons. The first-order chi connectivity index (χ1) is 7.99. The van der Waals surface area contributed by atoms with Gasteiger partial charge in [0.2, 0.25) is 0 Å². The molecule has 4 heteroatoms. The standard InChI is InChI=1S/C13H24O4/c1-5-9-17-13(3,10-14)8-6-7-11(2)12(15)16-4/h5,11,14H,1,6-10H2,2-4H3/t11-,13-/m1/s1. The predicted octanol–water partition coefficient (Wildman–Crippen LogP) is 1.92. The molecule has 100 valence electrons. The summed E-state index contributed by atoms with van der Waals surface area (Å²) in [5.74, 6) is -0.301. The number of methoxy groups -OCH3 is 1. The summed E-state index contributed by atoms with van der Waals surface area (Å²) >= 11 is 0. The maximum absolute atomic E-state index is 11.2. The molecule has 0 bridgehead atoms. The first-order valence-electron chi connectivity index (χ1n) is 5.92. The van der Waals surface area contributed by atoms with Gasteiger partial charge in [0.25, 0.3) is 0 Å². The Morgan fingerprint density at radius 3 is 2.71 bits per heavy atom. The van der Waals surface area contributed by atoms with Crippen LogP contribution in [0.15, 0.2) is 12.7 Å². The third-order valence-corrected chi connectivity index (χ3v) is 2.83. The third-order valence-electron chi connectivity index (χ3n) is 2.83. The normalized spacial score (nSPS) is 16.0. The van der Waals surface area contributed by atoms with Crippen molar-refractivity contribution in [1.82, 2.24) is 0 Å². The fourth-order valence-electron chi connectivity index (χ4n) is 1.56. The highest BCUT2D eigenvalue weighted by molar-refractivity contribution is 5.71. The van der Waals surface area contributed by atoms with Gasteiger partial charge in [0.05, 0.1) is 31.8 Å². The van der Waals surface area contributed by atoms with Gasteiger partial charge in [0.1, 0.15) is 0 Å². The number of aliphatic hydroxyl groups is 1. The van der Waals surface area contributed by atoms with Crippen molar-refractivity contribution in [3.8, 4) is 0 Å². The Balaban J connectivity index is 3.98. The Morgan fingerprint density at radius 1 is 1.59 bits per heavy atom. The summed E-state index contributed by atoms with van der Waals surface area (Å²) in [7, 11) is 1.39. The van der Waals surface area contributed by atoms with E-state index in [1.165, 1.54) is 7.11 Å². The minimum atomic E-state index is -0.552. The highest BCUT2D eigenvalue weighted by atomic mass is 16.5. The van der Waals surface area contributed by atoms with E-state index < -0.39 is 5.60 Å². The van der Waals surface area contributed by atoms with Gasteiger partial charge in [-0.2, -0.15) is 0 Å². The van der Waals surface area contributed by atoms with Crippen LogP contribution >= 0.6 is 0 Å². The molecule has 0 aromatic carbocycles. The molecule has 0 rings (SSSR count). The number of carbonyl (C=O) groups excluding carboxylic acids is 1. The zero-order chi connectivity index (χ0) is 13.3. The van der Waals surface area contributed by atoms with Crippen LogP contribution in [0.2, 0.25) is 0 Å². The molecule has 0 fully saturated rings. The van der Waals surface area contributed by atoms with Gasteiger partial charge in [0, 0.05) is 0 Å². The second-order valence-electron chi connectivity index (χ2n) is 4.52. The molecule has 0 amide bonds. The molecule has 0 aliphatic heterocycles. The Morgan fingerprint density at radius 2 is 2.24 bits per heavy atom. The second-order valence-corrected chi connectivity index (χ2v) is 4.52. The van der Waals surface area contributed by atoms with E-state index in [1.807, 2.05) is 13.8 Å². The molecule has 0 aromatic rings. The smallest absolute Gasteiger partial charge is 0.308 e. The molecule has 0 heterocycles. The quantitative estimate of drug-likeness (QED) is 0.497. The minimum Gasteiger partial charge on any atom is -0.469 e. The first-order valence-corrected chi connectivity index (χ1v) is 5.92. The summed E-state index contributed by atoms with van der Waals surface area (Å²) in [5.41, 5.74) is -0.552. The van der Waals surface area contributed by atoms with Crippen molar-refractivity contribution in [2.45, 2.75) is 38.7 Å². The fraction of sp³-hybridized carbons (Fsp3) is 0.769. The molecule has 1 N–H and O–H groups in total. The van der Waals surface area contributed by atoms with Crippen LogP contribution in [0.1, 0.15) is 33.1 Å². The van der Waals surface area contributed by atoms with Crippen molar-refractivity contribution in [3.63, 3.8) is 0 Å². The van der Waals surface area contributed by atoms with Crippen LogP contribution in [0, 0.1) is 5.92 Å². The van der Waals surface area contributed by atoms with Gasteiger partial charge >= 0.3 is 5.97 Å². The van der Waals surface area contributed by atoms with Gasteiger partial charge in [-0.3, -0.25) is 4.79 Å². The lowest BCUT2D eigenvalue weighted by Gasteiger charge is -2.27. The topological polar surface area (TPSA) is 55.8 Å². The highest BCUT2D eigenvalue weighted by Crippen LogP contribution is 2.20. The van der Waals surface area contributed by atoms with Crippen molar-refractivity contribution in [2.75, 3.05) is 20.3 Å².